The molecule has 2 atom stereocenters. The molecule has 0 spiro atoms. The Morgan fingerprint density at radius 2 is 1.94 bits per heavy atom. The third-order valence-electron chi connectivity index (χ3n) is 6.64. The van der Waals surface area contributed by atoms with Crippen molar-refractivity contribution < 1.29 is 14.3 Å². The number of nitrogens with zero attached hydrogens (tertiary/aromatic N) is 2. The van der Waals surface area contributed by atoms with Crippen LogP contribution in [0.25, 0.3) is 0 Å². The molecule has 2 aliphatic carbocycles. The maximum Gasteiger partial charge on any atom is 0.310 e. The first-order valence-electron chi connectivity index (χ1n) is 12.3. The Bertz CT molecular complexity index is 1290. The van der Waals surface area contributed by atoms with Crippen molar-refractivity contribution in [2.24, 2.45) is 22.7 Å². The number of amides is 1. The fourth-order valence-electron chi connectivity index (χ4n) is 4.70. The van der Waals surface area contributed by atoms with E-state index in [9.17, 15) is 9.59 Å². The Kier molecular flexibility index (Phi) is 6.82. The monoisotopic (exact) mass is 482 g/mol. The second kappa shape index (κ2) is 10.3. The number of hydrogen-bond donors (Lipinski definition) is 2. The predicted molar refractivity (Wildman–Crippen MR) is 140 cm³/mol. The third-order valence-corrected chi connectivity index (χ3v) is 6.64. The number of ether oxygens (including phenoxy) is 1. The number of allylic oxidation sites excluding steroid dienone is 2. The molecule has 0 aromatic heterocycles. The summed E-state index contributed by atoms with van der Waals surface area (Å²) >= 11 is 0. The average Bonchev–Trinajstić information content (AvgIpc) is 3.62. The molecular weight excluding hydrogens is 452 g/mol. The maximum absolute atomic E-state index is 13.5. The van der Waals surface area contributed by atoms with Crippen LogP contribution in [0, 0.1) is 11.8 Å². The Hall–Kier alpha value is -3.97. The fraction of sp³-hybridized carbons (Fsp3) is 0.276. The van der Waals surface area contributed by atoms with E-state index in [1.54, 1.807) is 13.0 Å². The summed E-state index contributed by atoms with van der Waals surface area (Å²) in [6.45, 7) is 3.31. The molecule has 184 valence electrons. The van der Waals surface area contributed by atoms with Crippen LogP contribution in [0.4, 0.5) is 5.69 Å². The van der Waals surface area contributed by atoms with Gasteiger partial charge in [-0.05, 0) is 35.8 Å². The van der Waals surface area contributed by atoms with E-state index in [0.717, 1.165) is 23.4 Å². The highest BCUT2D eigenvalue weighted by Crippen LogP contribution is 2.41. The van der Waals surface area contributed by atoms with E-state index in [4.69, 9.17) is 10.5 Å². The number of rotatable bonds is 9. The summed E-state index contributed by atoms with van der Waals surface area (Å²) in [5.41, 5.74) is 10.9. The van der Waals surface area contributed by atoms with Crippen LogP contribution in [0.5, 0.6) is 0 Å². The number of fused-ring (bicyclic) bond motifs is 1. The van der Waals surface area contributed by atoms with Crippen LogP contribution in [-0.4, -0.2) is 36.3 Å². The van der Waals surface area contributed by atoms with Gasteiger partial charge in [0.1, 0.15) is 0 Å². The summed E-state index contributed by atoms with van der Waals surface area (Å²) < 4.78 is 5.09. The summed E-state index contributed by atoms with van der Waals surface area (Å²) in [5.74, 6) is -0.141. The lowest BCUT2D eigenvalue weighted by Gasteiger charge is -2.29. The lowest BCUT2D eigenvalue weighted by atomic mass is 9.79. The minimum atomic E-state index is -0.326. The first-order chi connectivity index (χ1) is 17.6. The van der Waals surface area contributed by atoms with Crippen molar-refractivity contribution >= 4 is 23.8 Å². The number of hydrazone groups is 1. The minimum absolute atomic E-state index is 0.0458. The zero-order chi connectivity index (χ0) is 25.1. The van der Waals surface area contributed by atoms with Crippen molar-refractivity contribution in [3.05, 3.63) is 101 Å². The highest BCUT2D eigenvalue weighted by Gasteiger charge is 2.36. The highest BCUT2D eigenvalue weighted by atomic mass is 16.5. The number of benzene rings is 2. The van der Waals surface area contributed by atoms with Gasteiger partial charge in [-0.2, -0.15) is 5.10 Å². The molecule has 1 heterocycles. The zero-order valence-corrected chi connectivity index (χ0v) is 20.3. The van der Waals surface area contributed by atoms with Gasteiger partial charge in [0.2, 0.25) is 0 Å². The fourth-order valence-corrected chi connectivity index (χ4v) is 4.70. The van der Waals surface area contributed by atoms with E-state index in [1.165, 1.54) is 0 Å². The Morgan fingerprint density at radius 3 is 2.72 bits per heavy atom. The van der Waals surface area contributed by atoms with Gasteiger partial charge < -0.3 is 15.8 Å². The van der Waals surface area contributed by atoms with Gasteiger partial charge >= 0.3 is 5.97 Å². The summed E-state index contributed by atoms with van der Waals surface area (Å²) in [6, 6.07) is 15.5. The molecule has 3 aliphatic rings. The van der Waals surface area contributed by atoms with Crippen LogP contribution in [0.1, 0.15) is 29.5 Å². The van der Waals surface area contributed by atoms with Crippen molar-refractivity contribution in [3.8, 4) is 0 Å². The first-order valence-corrected chi connectivity index (χ1v) is 12.3. The standard InChI is InChI=1S/C29H30N4O3/c1-2-36-28(34)15-22-7-3-4-9-26(22)32-29(35)23-13-24(21-8-5-6-20(12-21)16-30)25-17-31-33(27(25)14-23)18-19-10-11-19/h3-14,17,19,24-25H,2,15-16,18,30H2,1H3,(H,32,35). The Labute approximate surface area is 211 Å². The van der Waals surface area contributed by atoms with Crippen molar-refractivity contribution in [2.45, 2.75) is 25.8 Å². The largest absolute Gasteiger partial charge is 0.466 e. The summed E-state index contributed by atoms with van der Waals surface area (Å²) in [6.07, 6.45) is 10.3. The second-order valence-electron chi connectivity index (χ2n) is 9.18. The molecule has 1 aliphatic heterocycles. The number of para-hydroxylation sites is 1. The summed E-state index contributed by atoms with van der Waals surface area (Å²) in [7, 11) is 0. The maximum atomic E-state index is 13.5. The number of hydrogen-bond acceptors (Lipinski definition) is 6. The Balaban J connectivity index is 1.44. The summed E-state index contributed by atoms with van der Waals surface area (Å²) in [4.78, 5) is 25.6. The first kappa shape index (κ1) is 23.8. The molecule has 7 heteroatoms. The normalized spacial score (nSPS) is 20.0. The van der Waals surface area contributed by atoms with Crippen molar-refractivity contribution in [1.82, 2.24) is 5.01 Å². The van der Waals surface area contributed by atoms with E-state index in [1.807, 2.05) is 53.7 Å². The molecule has 36 heavy (non-hydrogen) atoms. The second-order valence-corrected chi connectivity index (χ2v) is 9.18. The average molecular weight is 483 g/mol. The lowest BCUT2D eigenvalue weighted by Crippen LogP contribution is -2.27. The van der Waals surface area contributed by atoms with Gasteiger partial charge in [0.25, 0.3) is 5.91 Å². The third kappa shape index (κ3) is 5.16. The van der Waals surface area contributed by atoms with Crippen molar-refractivity contribution in [3.63, 3.8) is 0 Å². The highest BCUT2D eigenvalue weighted by molar-refractivity contribution is 6.07. The van der Waals surface area contributed by atoms with Gasteiger partial charge in [-0.1, -0.05) is 60.7 Å². The van der Waals surface area contributed by atoms with E-state index in [2.05, 4.69) is 34.7 Å². The van der Waals surface area contributed by atoms with E-state index in [-0.39, 0.29) is 30.1 Å². The number of nitrogens with one attached hydrogen (secondary N) is 1. The molecular formula is C29H30N4O3. The number of carbonyl (C=O) groups excluding carboxylic acids is 2. The number of anilines is 1. The lowest BCUT2D eigenvalue weighted by molar-refractivity contribution is -0.142. The van der Waals surface area contributed by atoms with E-state index < -0.39 is 0 Å². The molecule has 0 fully saturated rings. The topological polar surface area (TPSA) is 97.0 Å². The molecule has 0 saturated carbocycles. The van der Waals surface area contributed by atoms with Crippen molar-refractivity contribution in [2.75, 3.05) is 18.5 Å². The summed E-state index contributed by atoms with van der Waals surface area (Å²) in [5, 5.41) is 9.70. The number of carbonyl (C=O) groups is 2. The van der Waals surface area contributed by atoms with E-state index in [0.29, 0.717) is 35.9 Å². The molecule has 2 unspecified atom stereocenters. The quantitative estimate of drug-likeness (QED) is 0.417. The molecule has 5 rings (SSSR count). The van der Waals surface area contributed by atoms with Gasteiger partial charge in [-0.3, -0.25) is 14.6 Å². The van der Waals surface area contributed by atoms with Gasteiger partial charge in [0.05, 0.1) is 19.6 Å². The Morgan fingerprint density at radius 1 is 1.11 bits per heavy atom. The molecule has 2 aromatic rings. The zero-order valence-electron chi connectivity index (χ0n) is 20.3. The molecule has 3 N–H and O–H groups in total. The van der Waals surface area contributed by atoms with Crippen LogP contribution in [-0.2, 0) is 27.3 Å². The molecule has 0 radical (unpaired) electrons. The van der Waals surface area contributed by atoms with Crippen molar-refractivity contribution in [1.29, 1.82) is 0 Å². The molecule has 2 aromatic carbocycles. The predicted octanol–water partition coefficient (Wildman–Crippen LogP) is 3.90. The van der Waals surface area contributed by atoms with Gasteiger partial charge in [-0.25, -0.2) is 0 Å². The van der Waals surface area contributed by atoms with Crippen LogP contribution in [0.2, 0.25) is 0 Å². The molecule has 7 nitrogen and oxygen atoms in total. The minimum Gasteiger partial charge on any atom is -0.466 e. The van der Waals surface area contributed by atoms with Gasteiger partial charge in [-0.15, -0.1) is 0 Å². The molecule has 1 amide bonds. The molecule has 0 saturated heterocycles. The number of esters is 1. The van der Waals surface area contributed by atoms with E-state index >= 15 is 0 Å². The molecule has 0 bridgehead atoms. The SMILES string of the molecule is CCOC(=O)Cc1ccccc1NC(=O)C1=CC(c2cccc(CN)c2)C2C=NN(CC3C=C3)C2=C1. The smallest absolute Gasteiger partial charge is 0.310 e. The van der Waals surface area contributed by atoms with Crippen LogP contribution in [0.15, 0.2) is 89.2 Å². The number of nitrogens with two attached hydrogens (primary N) is 1. The van der Waals surface area contributed by atoms with Crippen LogP contribution >= 0.6 is 0 Å². The van der Waals surface area contributed by atoms with Gasteiger partial charge in [0.15, 0.2) is 0 Å². The van der Waals surface area contributed by atoms with Crippen LogP contribution in [0.3, 0.4) is 0 Å². The van der Waals surface area contributed by atoms with Gasteiger partial charge in [0, 0.05) is 47.5 Å². The van der Waals surface area contributed by atoms with Crippen LogP contribution < -0.4 is 11.1 Å².